The smallest absolute Gasteiger partial charge is 0.00161 e. The van der Waals surface area contributed by atoms with Crippen LogP contribution in [0, 0.1) is 11.8 Å². The third-order valence-electron chi connectivity index (χ3n) is 3.49. The molecule has 0 aromatic rings. The average molecular weight is 184 g/mol. The minimum Gasteiger partial charge on any atom is -0.330 e. The van der Waals surface area contributed by atoms with E-state index in [2.05, 4.69) is 18.7 Å². The van der Waals surface area contributed by atoms with Crippen molar-refractivity contribution in [3.05, 3.63) is 0 Å². The maximum absolute atomic E-state index is 5.71. The summed E-state index contributed by atoms with van der Waals surface area (Å²) in [5.74, 6) is 1.60. The molecule has 0 spiro atoms. The van der Waals surface area contributed by atoms with E-state index in [1.54, 1.807) is 0 Å². The molecule has 2 heteroatoms. The second kappa shape index (κ2) is 5.61. The van der Waals surface area contributed by atoms with Gasteiger partial charge in [-0.25, -0.2) is 0 Å². The number of hydrogen-bond donors (Lipinski definition) is 1. The molecule has 0 aromatic heterocycles. The topological polar surface area (TPSA) is 29.3 Å². The summed E-state index contributed by atoms with van der Waals surface area (Å²) >= 11 is 0. The minimum absolute atomic E-state index is 0.719. The summed E-state index contributed by atoms with van der Waals surface area (Å²) in [7, 11) is 0. The van der Waals surface area contributed by atoms with Crippen molar-refractivity contribution in [1.29, 1.82) is 0 Å². The number of hydrogen-bond acceptors (Lipinski definition) is 2. The predicted octanol–water partition coefficient (Wildman–Crippen LogP) is 1.70. The highest BCUT2D eigenvalue weighted by atomic mass is 15.1. The number of rotatable bonds is 3. The largest absolute Gasteiger partial charge is 0.330 e. The standard InChI is InChI=1S/C11H24N2/c1-3-13-7-4-5-11(6-8-13)10(2)9-12/h10-11H,3-9,12H2,1-2H3. The van der Waals surface area contributed by atoms with Crippen molar-refractivity contribution in [3.8, 4) is 0 Å². The molecule has 1 aliphatic heterocycles. The second-order valence-corrected chi connectivity index (χ2v) is 4.34. The van der Waals surface area contributed by atoms with Crippen molar-refractivity contribution in [2.24, 2.45) is 17.6 Å². The van der Waals surface area contributed by atoms with Crippen molar-refractivity contribution < 1.29 is 0 Å². The molecule has 2 unspecified atom stereocenters. The summed E-state index contributed by atoms with van der Waals surface area (Å²) in [6, 6.07) is 0. The van der Waals surface area contributed by atoms with Gasteiger partial charge in [0.15, 0.2) is 0 Å². The highest BCUT2D eigenvalue weighted by molar-refractivity contribution is 4.73. The fraction of sp³-hybridized carbons (Fsp3) is 1.00. The molecule has 2 nitrogen and oxygen atoms in total. The fourth-order valence-corrected chi connectivity index (χ4v) is 2.26. The Morgan fingerprint density at radius 3 is 2.77 bits per heavy atom. The van der Waals surface area contributed by atoms with E-state index in [1.807, 2.05) is 0 Å². The van der Waals surface area contributed by atoms with E-state index in [0.29, 0.717) is 0 Å². The lowest BCUT2D eigenvalue weighted by Crippen LogP contribution is -2.25. The van der Waals surface area contributed by atoms with Gasteiger partial charge >= 0.3 is 0 Å². The molecule has 2 atom stereocenters. The zero-order chi connectivity index (χ0) is 9.68. The SMILES string of the molecule is CCN1CCCC(C(C)CN)CC1. The van der Waals surface area contributed by atoms with Crippen LogP contribution in [0.5, 0.6) is 0 Å². The van der Waals surface area contributed by atoms with Crippen LogP contribution >= 0.6 is 0 Å². The first-order valence-electron chi connectivity index (χ1n) is 5.70. The summed E-state index contributed by atoms with van der Waals surface area (Å²) in [4.78, 5) is 2.56. The molecular weight excluding hydrogens is 160 g/mol. The zero-order valence-corrected chi connectivity index (χ0v) is 9.13. The second-order valence-electron chi connectivity index (χ2n) is 4.34. The monoisotopic (exact) mass is 184 g/mol. The van der Waals surface area contributed by atoms with Crippen LogP contribution in [0.25, 0.3) is 0 Å². The molecule has 1 fully saturated rings. The minimum atomic E-state index is 0.719. The van der Waals surface area contributed by atoms with Crippen molar-refractivity contribution in [2.45, 2.75) is 33.1 Å². The molecule has 0 radical (unpaired) electrons. The maximum atomic E-state index is 5.71. The highest BCUT2D eigenvalue weighted by Crippen LogP contribution is 2.24. The lowest BCUT2D eigenvalue weighted by Gasteiger charge is -2.21. The quantitative estimate of drug-likeness (QED) is 0.723. The van der Waals surface area contributed by atoms with E-state index in [0.717, 1.165) is 18.4 Å². The first kappa shape index (κ1) is 11.0. The van der Waals surface area contributed by atoms with E-state index in [-0.39, 0.29) is 0 Å². The Morgan fingerprint density at radius 2 is 2.15 bits per heavy atom. The van der Waals surface area contributed by atoms with E-state index in [4.69, 9.17) is 5.73 Å². The molecule has 13 heavy (non-hydrogen) atoms. The summed E-state index contributed by atoms with van der Waals surface area (Å²) in [6.07, 6.45) is 4.10. The molecular formula is C11H24N2. The van der Waals surface area contributed by atoms with Gasteiger partial charge < -0.3 is 10.6 Å². The highest BCUT2D eigenvalue weighted by Gasteiger charge is 2.19. The van der Waals surface area contributed by atoms with Crippen LogP contribution in [0.15, 0.2) is 0 Å². The molecule has 0 aliphatic carbocycles. The van der Waals surface area contributed by atoms with Gasteiger partial charge in [-0.2, -0.15) is 0 Å². The molecule has 0 saturated carbocycles. The van der Waals surface area contributed by atoms with Gasteiger partial charge in [-0.1, -0.05) is 13.8 Å². The zero-order valence-electron chi connectivity index (χ0n) is 9.13. The van der Waals surface area contributed by atoms with Crippen LogP contribution in [0.4, 0.5) is 0 Å². The maximum Gasteiger partial charge on any atom is -0.00161 e. The van der Waals surface area contributed by atoms with Gasteiger partial charge in [0.25, 0.3) is 0 Å². The number of nitrogens with zero attached hydrogens (tertiary/aromatic N) is 1. The fourth-order valence-electron chi connectivity index (χ4n) is 2.26. The van der Waals surface area contributed by atoms with Gasteiger partial charge in [-0.15, -0.1) is 0 Å². The Hall–Kier alpha value is -0.0800. The first-order valence-corrected chi connectivity index (χ1v) is 5.70. The molecule has 1 saturated heterocycles. The van der Waals surface area contributed by atoms with Crippen molar-refractivity contribution in [3.63, 3.8) is 0 Å². The molecule has 1 heterocycles. The van der Waals surface area contributed by atoms with Crippen LogP contribution < -0.4 is 5.73 Å². The van der Waals surface area contributed by atoms with Crippen molar-refractivity contribution in [2.75, 3.05) is 26.2 Å². The molecule has 1 aliphatic rings. The van der Waals surface area contributed by atoms with Gasteiger partial charge in [0.05, 0.1) is 0 Å². The van der Waals surface area contributed by atoms with Gasteiger partial charge in [0.2, 0.25) is 0 Å². The average Bonchev–Trinajstić information content (AvgIpc) is 2.41. The van der Waals surface area contributed by atoms with E-state index >= 15 is 0 Å². The normalized spacial score (nSPS) is 28.4. The third kappa shape index (κ3) is 3.28. The van der Waals surface area contributed by atoms with Crippen LogP contribution in [0.1, 0.15) is 33.1 Å². The van der Waals surface area contributed by atoms with Gasteiger partial charge in [-0.05, 0) is 57.3 Å². The molecule has 1 rings (SSSR count). The van der Waals surface area contributed by atoms with Crippen LogP contribution in [0.2, 0.25) is 0 Å². The molecule has 0 amide bonds. The summed E-state index contributed by atoms with van der Waals surface area (Å²) in [5.41, 5.74) is 5.71. The Balaban J connectivity index is 2.35. The van der Waals surface area contributed by atoms with Gasteiger partial charge in [0.1, 0.15) is 0 Å². The lowest BCUT2D eigenvalue weighted by atomic mass is 9.88. The molecule has 78 valence electrons. The summed E-state index contributed by atoms with van der Waals surface area (Å²) in [5, 5.41) is 0. The Kier molecular flexibility index (Phi) is 4.74. The van der Waals surface area contributed by atoms with Crippen molar-refractivity contribution in [1.82, 2.24) is 4.90 Å². The summed E-state index contributed by atoms with van der Waals surface area (Å²) < 4.78 is 0. The lowest BCUT2D eigenvalue weighted by molar-refractivity contribution is 0.281. The molecule has 2 N–H and O–H groups in total. The Morgan fingerprint density at radius 1 is 1.38 bits per heavy atom. The van der Waals surface area contributed by atoms with Crippen LogP contribution in [0.3, 0.4) is 0 Å². The third-order valence-corrected chi connectivity index (χ3v) is 3.49. The summed E-state index contributed by atoms with van der Waals surface area (Å²) in [6.45, 7) is 9.20. The Labute approximate surface area is 82.5 Å². The predicted molar refractivity (Wildman–Crippen MR) is 57.7 cm³/mol. The Bertz CT molecular complexity index is 136. The molecule has 0 aromatic carbocycles. The first-order chi connectivity index (χ1) is 6.27. The molecule has 0 bridgehead atoms. The van der Waals surface area contributed by atoms with Gasteiger partial charge in [0, 0.05) is 0 Å². The van der Waals surface area contributed by atoms with Crippen LogP contribution in [-0.4, -0.2) is 31.1 Å². The van der Waals surface area contributed by atoms with E-state index in [1.165, 1.54) is 38.9 Å². The number of nitrogens with two attached hydrogens (primary N) is 1. The van der Waals surface area contributed by atoms with E-state index < -0.39 is 0 Å². The van der Waals surface area contributed by atoms with Crippen LogP contribution in [-0.2, 0) is 0 Å². The van der Waals surface area contributed by atoms with E-state index in [9.17, 15) is 0 Å². The van der Waals surface area contributed by atoms with Crippen molar-refractivity contribution >= 4 is 0 Å². The number of likely N-dealkylation sites (tertiary alicyclic amines) is 1. The van der Waals surface area contributed by atoms with Gasteiger partial charge in [-0.3, -0.25) is 0 Å².